The maximum Gasteiger partial charge on any atom is 0.249 e. The van der Waals surface area contributed by atoms with Crippen molar-refractivity contribution in [2.75, 3.05) is 0 Å². The molecule has 21 heavy (non-hydrogen) atoms. The van der Waals surface area contributed by atoms with Gasteiger partial charge in [-0.25, -0.2) is 0 Å². The Balaban J connectivity index is 1.90. The van der Waals surface area contributed by atoms with Crippen molar-refractivity contribution in [2.45, 2.75) is 50.7 Å². The third-order valence-electron chi connectivity index (χ3n) is 4.53. The predicted molar refractivity (Wildman–Crippen MR) is 78.6 cm³/mol. The monoisotopic (exact) mass is 307 g/mol. The van der Waals surface area contributed by atoms with Gasteiger partial charge in [0.05, 0.1) is 5.02 Å². The molecule has 1 spiro atoms. The number of nitrogens with one attached hydrogen (secondary N) is 1. The van der Waals surface area contributed by atoms with Crippen LogP contribution in [0.15, 0.2) is 18.5 Å². The van der Waals surface area contributed by atoms with Gasteiger partial charge in [-0.2, -0.15) is 0 Å². The molecule has 1 atom stereocenters. The van der Waals surface area contributed by atoms with Crippen LogP contribution in [-0.2, 0) is 16.1 Å². The largest absolute Gasteiger partial charge is 0.340 e. The van der Waals surface area contributed by atoms with Crippen LogP contribution in [0.25, 0.3) is 0 Å². The smallest absolute Gasteiger partial charge is 0.249 e. The number of aromatic nitrogens is 1. The van der Waals surface area contributed by atoms with Crippen molar-refractivity contribution in [3.8, 4) is 0 Å². The summed E-state index contributed by atoms with van der Waals surface area (Å²) in [6, 6.07) is 1.31. The SMILES string of the molecule is CC1C(=O)NC2(CCCC2)C(=O)N1Cc1ccncc1Cl. The second-order valence-corrected chi connectivity index (χ2v) is 6.26. The average molecular weight is 308 g/mol. The first kappa shape index (κ1) is 14.3. The molecule has 1 saturated heterocycles. The number of hydrogen-bond acceptors (Lipinski definition) is 3. The minimum atomic E-state index is -0.691. The van der Waals surface area contributed by atoms with Gasteiger partial charge in [0.2, 0.25) is 11.8 Å². The number of carbonyl (C=O) groups excluding carboxylic acids is 2. The molecule has 6 heteroatoms. The van der Waals surface area contributed by atoms with Gasteiger partial charge < -0.3 is 10.2 Å². The van der Waals surface area contributed by atoms with E-state index < -0.39 is 11.6 Å². The third kappa shape index (κ3) is 2.39. The summed E-state index contributed by atoms with van der Waals surface area (Å²) in [4.78, 5) is 30.7. The molecule has 1 aliphatic carbocycles. The molecule has 1 aromatic heterocycles. The lowest BCUT2D eigenvalue weighted by molar-refractivity contribution is -0.154. The highest BCUT2D eigenvalue weighted by molar-refractivity contribution is 6.31. The Hall–Kier alpha value is -1.62. The molecule has 1 unspecified atom stereocenters. The standard InChI is InChI=1S/C15H18ClN3O2/c1-10-13(20)18-15(5-2-3-6-15)14(21)19(10)9-11-4-7-17-8-12(11)16/h4,7-8,10H,2-3,5-6,9H2,1H3,(H,18,20). The molecule has 1 saturated carbocycles. The van der Waals surface area contributed by atoms with Gasteiger partial charge in [0.15, 0.2) is 0 Å². The molecule has 5 nitrogen and oxygen atoms in total. The summed E-state index contributed by atoms with van der Waals surface area (Å²) >= 11 is 6.13. The predicted octanol–water partition coefficient (Wildman–Crippen LogP) is 1.89. The fraction of sp³-hybridized carbons (Fsp3) is 0.533. The number of piperazine rings is 1. The minimum Gasteiger partial charge on any atom is -0.340 e. The van der Waals surface area contributed by atoms with Crippen LogP contribution in [0.2, 0.25) is 5.02 Å². The summed E-state index contributed by atoms with van der Waals surface area (Å²) in [5.41, 5.74) is 0.123. The van der Waals surface area contributed by atoms with E-state index in [1.54, 1.807) is 30.3 Å². The second kappa shape index (κ2) is 5.30. The fourth-order valence-corrected chi connectivity index (χ4v) is 3.41. The number of amides is 2. The van der Waals surface area contributed by atoms with Crippen LogP contribution in [0.1, 0.15) is 38.2 Å². The summed E-state index contributed by atoms with van der Waals surface area (Å²) in [7, 11) is 0. The first-order valence-corrected chi connectivity index (χ1v) is 7.63. The number of rotatable bonds is 2. The van der Waals surface area contributed by atoms with Gasteiger partial charge in [-0.05, 0) is 31.4 Å². The van der Waals surface area contributed by atoms with E-state index in [9.17, 15) is 9.59 Å². The summed E-state index contributed by atoms with van der Waals surface area (Å²) < 4.78 is 0. The molecule has 1 N–H and O–H groups in total. The van der Waals surface area contributed by atoms with E-state index in [4.69, 9.17) is 11.6 Å². The molecule has 2 heterocycles. The van der Waals surface area contributed by atoms with Crippen LogP contribution in [-0.4, -0.2) is 33.3 Å². The molecule has 1 aliphatic heterocycles. The summed E-state index contributed by atoms with van der Waals surface area (Å²) in [5, 5.41) is 3.46. The average Bonchev–Trinajstić information content (AvgIpc) is 2.93. The van der Waals surface area contributed by atoms with Crippen LogP contribution in [0.4, 0.5) is 0 Å². The molecule has 112 valence electrons. The van der Waals surface area contributed by atoms with E-state index >= 15 is 0 Å². The van der Waals surface area contributed by atoms with Crippen LogP contribution >= 0.6 is 11.6 Å². The first-order valence-electron chi connectivity index (χ1n) is 7.25. The Morgan fingerprint density at radius 2 is 2.14 bits per heavy atom. The van der Waals surface area contributed by atoms with Crippen LogP contribution < -0.4 is 5.32 Å². The van der Waals surface area contributed by atoms with Crippen molar-refractivity contribution in [3.05, 3.63) is 29.0 Å². The zero-order chi connectivity index (χ0) is 15.0. The Morgan fingerprint density at radius 1 is 1.43 bits per heavy atom. The first-order chi connectivity index (χ1) is 10.0. The second-order valence-electron chi connectivity index (χ2n) is 5.85. The Kier molecular flexibility index (Phi) is 3.61. The maximum atomic E-state index is 12.9. The lowest BCUT2D eigenvalue weighted by atomic mass is 9.90. The van der Waals surface area contributed by atoms with Crippen LogP contribution in [0.5, 0.6) is 0 Å². The van der Waals surface area contributed by atoms with Crippen molar-refractivity contribution >= 4 is 23.4 Å². The minimum absolute atomic E-state index is 0.0139. The van der Waals surface area contributed by atoms with Gasteiger partial charge in [0, 0.05) is 18.9 Å². The van der Waals surface area contributed by atoms with E-state index in [1.165, 1.54) is 0 Å². The molecule has 0 aromatic carbocycles. The Labute approximate surface area is 128 Å². The van der Waals surface area contributed by atoms with Gasteiger partial charge in [0.1, 0.15) is 11.6 Å². The van der Waals surface area contributed by atoms with Crippen molar-refractivity contribution in [2.24, 2.45) is 0 Å². The molecule has 0 radical (unpaired) electrons. The normalized spacial score (nSPS) is 24.5. The quantitative estimate of drug-likeness (QED) is 0.907. The fourth-order valence-electron chi connectivity index (χ4n) is 3.23. The van der Waals surface area contributed by atoms with Crippen molar-refractivity contribution in [1.82, 2.24) is 15.2 Å². The summed E-state index contributed by atoms with van der Waals surface area (Å²) in [6.07, 6.45) is 6.61. The molecule has 2 amide bonds. The summed E-state index contributed by atoms with van der Waals surface area (Å²) in [6.45, 7) is 2.10. The Morgan fingerprint density at radius 3 is 2.81 bits per heavy atom. The zero-order valence-electron chi connectivity index (χ0n) is 11.9. The zero-order valence-corrected chi connectivity index (χ0v) is 12.7. The van der Waals surface area contributed by atoms with Crippen LogP contribution in [0.3, 0.4) is 0 Å². The van der Waals surface area contributed by atoms with Crippen molar-refractivity contribution < 1.29 is 9.59 Å². The molecule has 2 fully saturated rings. The van der Waals surface area contributed by atoms with Crippen molar-refractivity contribution in [1.29, 1.82) is 0 Å². The molecular formula is C15H18ClN3O2. The highest BCUT2D eigenvalue weighted by Crippen LogP contribution is 2.35. The highest BCUT2D eigenvalue weighted by atomic mass is 35.5. The molecule has 0 bridgehead atoms. The van der Waals surface area contributed by atoms with E-state index in [2.05, 4.69) is 10.3 Å². The number of pyridine rings is 1. The number of carbonyl (C=O) groups is 2. The maximum absolute atomic E-state index is 12.9. The number of nitrogens with zero attached hydrogens (tertiary/aromatic N) is 2. The van der Waals surface area contributed by atoms with Gasteiger partial charge in [-0.1, -0.05) is 24.4 Å². The number of hydrogen-bond donors (Lipinski definition) is 1. The summed E-state index contributed by atoms with van der Waals surface area (Å²) in [5.74, 6) is -0.0679. The Bertz CT molecular complexity index is 584. The van der Waals surface area contributed by atoms with Gasteiger partial charge >= 0.3 is 0 Å². The van der Waals surface area contributed by atoms with Gasteiger partial charge in [-0.3, -0.25) is 14.6 Å². The highest BCUT2D eigenvalue weighted by Gasteiger charge is 2.50. The lowest BCUT2D eigenvalue weighted by Gasteiger charge is -2.43. The topological polar surface area (TPSA) is 62.3 Å². The van der Waals surface area contributed by atoms with Gasteiger partial charge in [0.25, 0.3) is 0 Å². The molecule has 1 aromatic rings. The van der Waals surface area contributed by atoms with Crippen LogP contribution in [0, 0.1) is 0 Å². The van der Waals surface area contributed by atoms with E-state index in [0.717, 1.165) is 31.2 Å². The third-order valence-corrected chi connectivity index (χ3v) is 4.87. The van der Waals surface area contributed by atoms with E-state index in [-0.39, 0.29) is 11.8 Å². The van der Waals surface area contributed by atoms with E-state index in [1.807, 2.05) is 0 Å². The lowest BCUT2D eigenvalue weighted by Crippen LogP contribution is -2.68. The van der Waals surface area contributed by atoms with Crippen molar-refractivity contribution in [3.63, 3.8) is 0 Å². The number of halogens is 1. The van der Waals surface area contributed by atoms with Gasteiger partial charge in [-0.15, -0.1) is 0 Å². The van der Waals surface area contributed by atoms with E-state index in [0.29, 0.717) is 11.6 Å². The molecular weight excluding hydrogens is 290 g/mol. The molecule has 2 aliphatic rings. The molecule has 3 rings (SSSR count).